The molecule has 3 amide bonds. The third-order valence-corrected chi connectivity index (χ3v) is 13.4. The van der Waals surface area contributed by atoms with E-state index in [2.05, 4.69) is 31.9 Å². The van der Waals surface area contributed by atoms with E-state index in [4.69, 9.17) is 20.8 Å². The first-order chi connectivity index (χ1) is 29.2. The van der Waals surface area contributed by atoms with Crippen molar-refractivity contribution in [2.45, 2.75) is 81.6 Å². The van der Waals surface area contributed by atoms with Crippen molar-refractivity contribution in [2.24, 2.45) is 11.3 Å². The van der Waals surface area contributed by atoms with Gasteiger partial charge in [0.25, 0.3) is 11.8 Å². The number of hydrogen-bond acceptors (Lipinski definition) is 10. The number of anilines is 1. The summed E-state index contributed by atoms with van der Waals surface area (Å²) in [6.07, 6.45) is -3.47. The van der Waals surface area contributed by atoms with Gasteiger partial charge in [0.1, 0.15) is 40.6 Å². The number of sulfonamides is 1. The molecule has 3 N–H and O–H groups in total. The Morgan fingerprint density at radius 2 is 1.76 bits per heavy atom. The van der Waals surface area contributed by atoms with Gasteiger partial charge in [0.15, 0.2) is 5.82 Å². The second-order valence-electron chi connectivity index (χ2n) is 16.9. The van der Waals surface area contributed by atoms with Crippen LogP contribution in [0.1, 0.15) is 52.0 Å². The Kier molecular flexibility index (Phi) is 10.8. The van der Waals surface area contributed by atoms with E-state index in [9.17, 15) is 36.0 Å². The lowest BCUT2D eigenvalue weighted by Crippen LogP contribution is -2.58. The number of nitrogens with one attached hydrogen (secondary N) is 3. The molecule has 2 aliphatic carbocycles. The molecular weight excluding hydrogens is 856 g/mol. The largest absolute Gasteiger partial charge is 0.470 e. The first-order valence-electron chi connectivity index (χ1n) is 19.7. The summed E-state index contributed by atoms with van der Waals surface area (Å²) in [6, 6.07) is 12.6. The number of benzene rings is 3. The smallest absolute Gasteiger partial charge is 0.416 e. The fraction of sp³-hybridized carbons (Fsp3) is 0.372. The Labute approximate surface area is 358 Å². The molecule has 0 unspecified atom stereocenters. The maximum atomic E-state index is 15.2. The Hall–Kier alpha value is -5.75. The number of fused-ring (bicyclic) bond motifs is 3. The molecule has 0 spiro atoms. The van der Waals surface area contributed by atoms with Gasteiger partial charge in [0.05, 0.1) is 23.0 Å². The molecule has 3 heterocycles. The number of furan rings is 1. The number of nitrogens with zero attached hydrogens (tertiary/aromatic N) is 3. The van der Waals surface area contributed by atoms with Gasteiger partial charge in [-0.3, -0.25) is 19.1 Å². The lowest BCUT2D eigenvalue weighted by atomic mass is 9.85. The number of amides is 3. The van der Waals surface area contributed by atoms with Crippen LogP contribution in [-0.4, -0.2) is 76.5 Å². The van der Waals surface area contributed by atoms with Crippen molar-refractivity contribution in [2.75, 3.05) is 11.9 Å². The van der Waals surface area contributed by atoms with Crippen molar-refractivity contribution in [3.63, 3.8) is 0 Å². The second kappa shape index (κ2) is 15.6. The van der Waals surface area contributed by atoms with Crippen LogP contribution in [0.4, 0.5) is 23.2 Å². The summed E-state index contributed by atoms with van der Waals surface area (Å²) in [4.78, 5) is 53.5. The topological polar surface area (TPSA) is 173 Å². The Bertz CT molecular complexity index is 2740. The highest BCUT2D eigenvalue weighted by molar-refractivity contribution is 7.91. The summed E-state index contributed by atoms with van der Waals surface area (Å²) >= 11 is 6.00. The summed E-state index contributed by atoms with van der Waals surface area (Å²) in [7, 11) is -4.00. The van der Waals surface area contributed by atoms with E-state index < -0.39 is 85.6 Å². The van der Waals surface area contributed by atoms with E-state index in [-0.39, 0.29) is 52.9 Å². The summed E-state index contributed by atoms with van der Waals surface area (Å²) in [5, 5.41) is 5.70. The van der Waals surface area contributed by atoms with Crippen molar-refractivity contribution in [1.82, 2.24) is 24.9 Å². The van der Waals surface area contributed by atoms with E-state index in [0.29, 0.717) is 29.3 Å². The summed E-state index contributed by atoms with van der Waals surface area (Å²) in [5.74, 6) is -3.82. The molecule has 19 heteroatoms. The van der Waals surface area contributed by atoms with Gasteiger partial charge < -0.3 is 24.7 Å². The summed E-state index contributed by atoms with van der Waals surface area (Å²) in [6.45, 7) is 8.75. The minimum absolute atomic E-state index is 0.00768. The molecule has 62 heavy (non-hydrogen) atoms. The number of aromatic nitrogens is 2. The van der Waals surface area contributed by atoms with E-state index >= 15 is 4.39 Å². The van der Waals surface area contributed by atoms with Crippen molar-refractivity contribution >= 4 is 67.1 Å². The molecule has 5 aromatic rings. The predicted molar refractivity (Wildman–Crippen MR) is 222 cm³/mol. The Morgan fingerprint density at radius 1 is 1.05 bits per heavy atom. The molecule has 13 nitrogen and oxygen atoms in total. The molecular formula is C43H41ClF4N6O7S. The van der Waals surface area contributed by atoms with Gasteiger partial charge in [0, 0.05) is 28.3 Å². The number of halogens is 5. The molecule has 326 valence electrons. The monoisotopic (exact) mass is 896 g/mol. The van der Waals surface area contributed by atoms with Crippen LogP contribution in [0, 0.1) is 17.2 Å². The highest BCUT2D eigenvalue weighted by Crippen LogP contribution is 2.46. The van der Waals surface area contributed by atoms with Crippen LogP contribution in [0.25, 0.3) is 33.5 Å². The van der Waals surface area contributed by atoms with Gasteiger partial charge >= 0.3 is 6.18 Å². The standard InChI is InChI=1S/C43H41ClF4N6O7S/c1-5-23-20-42(23,40(57)53-62(58,59)27-15-16-27)52-37(55)31-19-26(21-54(31)39(56)35(41(2,3)4)49-30-17-14-25(44)18-29(30)45)60-38-34-33(28-8-6-7-9-32(28)61-34)50-36(51-38)22-10-12-24(13-11-22)43(46,47)48/h5-14,17-18,23,26-27,31,35,49H,1,15-16,19-21H2,2-4H3,(H,52,55)(H,53,57)/t23-,26-,31+,35-,42-/m1/s1. The van der Waals surface area contributed by atoms with Crippen LogP contribution in [0.3, 0.4) is 0 Å². The van der Waals surface area contributed by atoms with E-state index in [1.165, 1.54) is 35.2 Å². The number of carbonyl (C=O) groups excluding carboxylic acids is 3. The van der Waals surface area contributed by atoms with Gasteiger partial charge in [-0.2, -0.15) is 18.2 Å². The molecule has 3 aromatic carbocycles. The van der Waals surface area contributed by atoms with Gasteiger partial charge in [-0.25, -0.2) is 17.8 Å². The highest BCUT2D eigenvalue weighted by Gasteiger charge is 2.62. The number of ether oxygens (including phenoxy) is 1. The minimum atomic E-state index is -4.58. The first-order valence-corrected chi connectivity index (χ1v) is 21.7. The molecule has 2 aromatic heterocycles. The average Bonchev–Trinajstić information content (AvgIpc) is 4.11. The number of para-hydroxylation sites is 1. The zero-order valence-corrected chi connectivity index (χ0v) is 35.1. The Morgan fingerprint density at radius 3 is 2.39 bits per heavy atom. The molecule has 1 aliphatic heterocycles. The lowest BCUT2D eigenvalue weighted by Gasteiger charge is -2.36. The molecule has 3 aliphatic rings. The van der Waals surface area contributed by atoms with E-state index in [0.717, 1.165) is 18.2 Å². The molecule has 8 rings (SSSR count). The van der Waals surface area contributed by atoms with Gasteiger partial charge in [-0.1, -0.05) is 62.7 Å². The van der Waals surface area contributed by atoms with Crippen LogP contribution in [-0.2, 0) is 30.6 Å². The predicted octanol–water partition coefficient (Wildman–Crippen LogP) is 7.40. The second-order valence-corrected chi connectivity index (χ2v) is 19.3. The van der Waals surface area contributed by atoms with Gasteiger partial charge in [0.2, 0.25) is 27.4 Å². The zero-order chi connectivity index (χ0) is 44.5. The maximum absolute atomic E-state index is 15.2. The van der Waals surface area contributed by atoms with E-state index in [1.54, 1.807) is 45.0 Å². The Balaban J connectivity index is 1.16. The number of hydrogen-bond donors (Lipinski definition) is 3. The summed E-state index contributed by atoms with van der Waals surface area (Å²) in [5.41, 5.74) is -2.43. The van der Waals surface area contributed by atoms with Crippen molar-refractivity contribution < 1.29 is 49.5 Å². The van der Waals surface area contributed by atoms with Crippen molar-refractivity contribution in [3.05, 3.63) is 95.8 Å². The van der Waals surface area contributed by atoms with E-state index in [1.807, 2.05) is 0 Å². The number of likely N-dealkylation sites (tertiary alicyclic amines) is 1. The van der Waals surface area contributed by atoms with Crippen molar-refractivity contribution in [1.29, 1.82) is 0 Å². The van der Waals surface area contributed by atoms with Gasteiger partial charge in [-0.05, 0) is 67.1 Å². The molecule has 5 atom stereocenters. The third-order valence-electron chi connectivity index (χ3n) is 11.4. The lowest BCUT2D eigenvalue weighted by molar-refractivity contribution is -0.141. The highest BCUT2D eigenvalue weighted by atomic mass is 35.5. The number of rotatable bonds is 12. The third kappa shape index (κ3) is 8.29. The fourth-order valence-corrected chi connectivity index (χ4v) is 9.23. The maximum Gasteiger partial charge on any atom is 0.416 e. The van der Waals surface area contributed by atoms with Gasteiger partial charge in [-0.15, -0.1) is 6.58 Å². The summed E-state index contributed by atoms with van der Waals surface area (Å²) < 4.78 is 95.9. The normalized spacial score (nSPS) is 22.0. The van der Waals surface area contributed by atoms with Crippen LogP contribution >= 0.6 is 11.6 Å². The minimum Gasteiger partial charge on any atom is -0.470 e. The van der Waals surface area contributed by atoms with Crippen LogP contribution in [0.5, 0.6) is 5.88 Å². The van der Waals surface area contributed by atoms with Crippen LogP contribution in [0.15, 0.2) is 83.8 Å². The van der Waals surface area contributed by atoms with Crippen molar-refractivity contribution in [3.8, 4) is 17.3 Å². The molecule has 0 bridgehead atoms. The first kappa shape index (κ1) is 42.9. The quantitative estimate of drug-likeness (QED) is 0.0847. The SMILES string of the molecule is C=C[C@@H]1C[C@]1(NC(=O)[C@@H]1C[C@@H](Oc2nc(-c3ccc(C(F)(F)F)cc3)nc3c2oc2ccccc23)CN1C(=O)[C@@H](Nc1ccc(Cl)cc1F)C(C)(C)C)C(=O)NS(=O)(=O)C1CC1. The van der Waals surface area contributed by atoms with Crippen LogP contribution in [0.2, 0.25) is 5.02 Å². The molecule has 0 radical (unpaired) electrons. The zero-order valence-electron chi connectivity index (χ0n) is 33.6. The number of alkyl halides is 3. The molecule has 1 saturated heterocycles. The number of carbonyl (C=O) groups is 3. The van der Waals surface area contributed by atoms with Crippen LogP contribution < -0.4 is 20.1 Å². The molecule has 2 saturated carbocycles. The fourth-order valence-electron chi connectivity index (χ4n) is 7.71. The molecule has 3 fully saturated rings. The average molecular weight is 897 g/mol.